The fourth-order valence-corrected chi connectivity index (χ4v) is 4.94. The topological polar surface area (TPSA) is 80.2 Å². The standard InChI is InChI=1S/C34H33FN2O4/c35-29-16-12-25(13-17-29)20-21-36-33(39)34(24-26-8-3-1-4-9-26)31(27-10-5-2-6-11-27)41-32(37-34)28-14-18-30(19-15-28)40-23-7-22-38/h1-6,8-19,31,38H,7,20-24H2,(H,36,39)/t31-,34-/m1/s1. The molecule has 0 aliphatic carbocycles. The van der Waals surface area contributed by atoms with Crippen LogP contribution in [0, 0.1) is 5.82 Å². The van der Waals surface area contributed by atoms with Crippen molar-refractivity contribution in [3.05, 3.63) is 137 Å². The third kappa shape index (κ3) is 6.81. The van der Waals surface area contributed by atoms with Gasteiger partial charge < -0.3 is 19.9 Å². The number of aliphatic hydroxyl groups excluding tert-OH is 1. The third-order valence-electron chi connectivity index (χ3n) is 7.06. The van der Waals surface area contributed by atoms with Gasteiger partial charge in [-0.3, -0.25) is 4.79 Å². The van der Waals surface area contributed by atoms with Crippen LogP contribution in [0.1, 0.15) is 34.8 Å². The molecular weight excluding hydrogens is 519 g/mol. The number of nitrogens with one attached hydrogen (secondary N) is 1. The van der Waals surface area contributed by atoms with E-state index in [1.807, 2.05) is 84.9 Å². The van der Waals surface area contributed by atoms with Gasteiger partial charge in [-0.1, -0.05) is 72.8 Å². The second-order valence-electron chi connectivity index (χ2n) is 9.99. The number of hydrogen-bond donors (Lipinski definition) is 2. The van der Waals surface area contributed by atoms with Crippen LogP contribution in [-0.4, -0.2) is 42.2 Å². The first-order valence-electron chi connectivity index (χ1n) is 13.8. The van der Waals surface area contributed by atoms with Crippen LogP contribution in [0.5, 0.6) is 5.75 Å². The van der Waals surface area contributed by atoms with Gasteiger partial charge in [-0.2, -0.15) is 0 Å². The van der Waals surface area contributed by atoms with Crippen molar-refractivity contribution in [3.63, 3.8) is 0 Å². The first-order chi connectivity index (χ1) is 20.1. The van der Waals surface area contributed by atoms with Gasteiger partial charge in [0.15, 0.2) is 11.6 Å². The van der Waals surface area contributed by atoms with E-state index < -0.39 is 11.6 Å². The molecule has 0 spiro atoms. The Morgan fingerprint density at radius 3 is 2.27 bits per heavy atom. The summed E-state index contributed by atoms with van der Waals surface area (Å²) in [6, 6.07) is 33.2. The predicted molar refractivity (Wildman–Crippen MR) is 156 cm³/mol. The molecule has 6 nitrogen and oxygen atoms in total. The van der Waals surface area contributed by atoms with Crippen molar-refractivity contribution in [2.75, 3.05) is 19.8 Å². The number of hydrogen-bond acceptors (Lipinski definition) is 5. The van der Waals surface area contributed by atoms with Crippen molar-refractivity contribution in [2.45, 2.75) is 30.9 Å². The fourth-order valence-electron chi connectivity index (χ4n) is 4.94. The smallest absolute Gasteiger partial charge is 0.252 e. The highest BCUT2D eigenvalue weighted by molar-refractivity contribution is 6.01. The zero-order valence-electron chi connectivity index (χ0n) is 22.7. The molecule has 0 saturated carbocycles. The van der Waals surface area contributed by atoms with Gasteiger partial charge >= 0.3 is 0 Å². The van der Waals surface area contributed by atoms with Crippen LogP contribution in [0.25, 0.3) is 0 Å². The lowest BCUT2D eigenvalue weighted by molar-refractivity contribution is -0.128. The van der Waals surface area contributed by atoms with Gasteiger partial charge in [-0.25, -0.2) is 9.38 Å². The van der Waals surface area contributed by atoms with E-state index in [1.165, 1.54) is 12.1 Å². The van der Waals surface area contributed by atoms with Gasteiger partial charge in [0.2, 0.25) is 5.90 Å². The average molecular weight is 553 g/mol. The highest BCUT2D eigenvalue weighted by atomic mass is 19.1. The number of aliphatic imine (C=N–C) groups is 1. The normalized spacial score (nSPS) is 17.9. The van der Waals surface area contributed by atoms with Gasteiger partial charge in [0, 0.05) is 31.6 Å². The van der Waals surface area contributed by atoms with Crippen LogP contribution >= 0.6 is 0 Å². The molecule has 1 heterocycles. The van der Waals surface area contributed by atoms with Crippen LogP contribution in [0.2, 0.25) is 0 Å². The number of amides is 1. The lowest BCUT2D eigenvalue weighted by Gasteiger charge is -2.31. The van der Waals surface area contributed by atoms with Crippen molar-refractivity contribution in [1.29, 1.82) is 0 Å². The Balaban J connectivity index is 1.47. The molecule has 0 radical (unpaired) electrons. The highest BCUT2D eigenvalue weighted by Crippen LogP contribution is 2.42. The van der Waals surface area contributed by atoms with Crippen LogP contribution in [0.15, 0.2) is 114 Å². The molecule has 210 valence electrons. The quantitative estimate of drug-likeness (QED) is 0.229. The number of aliphatic hydroxyl groups is 1. The largest absolute Gasteiger partial charge is 0.494 e. The van der Waals surface area contributed by atoms with Gasteiger partial charge in [-0.15, -0.1) is 0 Å². The molecular formula is C34H33FN2O4. The number of halogens is 1. The second kappa shape index (κ2) is 13.2. The summed E-state index contributed by atoms with van der Waals surface area (Å²) in [6.07, 6.45) is 0.777. The van der Waals surface area contributed by atoms with Gasteiger partial charge in [-0.05, 0) is 59.5 Å². The Kier molecular flexibility index (Phi) is 9.06. The van der Waals surface area contributed by atoms with Crippen LogP contribution in [-0.2, 0) is 22.4 Å². The Bertz CT molecular complexity index is 1440. The number of carbonyl (C=O) groups is 1. The van der Waals surface area contributed by atoms with Crippen molar-refractivity contribution in [1.82, 2.24) is 5.32 Å². The minimum atomic E-state index is -1.27. The molecule has 0 saturated heterocycles. The van der Waals surface area contributed by atoms with Gasteiger partial charge in [0.05, 0.1) is 6.61 Å². The second-order valence-corrected chi connectivity index (χ2v) is 9.99. The molecule has 2 atom stereocenters. The number of benzene rings is 4. The van der Waals surface area contributed by atoms with E-state index in [0.717, 1.165) is 22.3 Å². The average Bonchev–Trinajstić information content (AvgIpc) is 3.40. The SMILES string of the molecule is O=C(NCCc1ccc(F)cc1)[C@]1(Cc2ccccc2)N=C(c2ccc(OCCCO)cc2)O[C@@H]1c1ccccc1. The molecule has 4 aromatic carbocycles. The van der Waals surface area contributed by atoms with Gasteiger partial charge in [0.1, 0.15) is 11.6 Å². The molecule has 1 aliphatic rings. The van der Waals surface area contributed by atoms with Crippen molar-refractivity contribution >= 4 is 11.8 Å². The minimum Gasteiger partial charge on any atom is -0.494 e. The molecule has 7 heteroatoms. The number of ether oxygens (including phenoxy) is 2. The molecule has 0 bridgehead atoms. The zero-order chi connectivity index (χ0) is 28.5. The van der Waals surface area contributed by atoms with Crippen LogP contribution in [0.4, 0.5) is 4.39 Å². The highest BCUT2D eigenvalue weighted by Gasteiger charge is 2.53. The van der Waals surface area contributed by atoms with E-state index in [1.54, 1.807) is 12.1 Å². The molecule has 0 aromatic heterocycles. The van der Waals surface area contributed by atoms with Crippen LogP contribution < -0.4 is 10.1 Å². The monoisotopic (exact) mass is 552 g/mol. The Morgan fingerprint density at radius 2 is 1.59 bits per heavy atom. The predicted octanol–water partition coefficient (Wildman–Crippen LogP) is 5.45. The summed E-state index contributed by atoms with van der Waals surface area (Å²) in [4.78, 5) is 19.2. The summed E-state index contributed by atoms with van der Waals surface area (Å²) in [7, 11) is 0. The molecule has 2 N–H and O–H groups in total. The molecule has 41 heavy (non-hydrogen) atoms. The lowest BCUT2D eigenvalue weighted by Crippen LogP contribution is -2.50. The summed E-state index contributed by atoms with van der Waals surface area (Å²) in [5, 5.41) is 12.1. The summed E-state index contributed by atoms with van der Waals surface area (Å²) >= 11 is 0. The number of carbonyl (C=O) groups excluding carboxylic acids is 1. The summed E-state index contributed by atoms with van der Waals surface area (Å²) < 4.78 is 25.6. The Morgan fingerprint density at radius 1 is 0.902 bits per heavy atom. The molecule has 4 aromatic rings. The number of rotatable bonds is 12. The summed E-state index contributed by atoms with van der Waals surface area (Å²) in [5.41, 5.74) is 2.20. The maximum Gasteiger partial charge on any atom is 0.252 e. The van der Waals surface area contributed by atoms with E-state index >= 15 is 0 Å². The molecule has 5 rings (SSSR count). The Labute approximate surface area is 239 Å². The fraction of sp³-hybridized carbons (Fsp3) is 0.235. The van der Waals surface area contributed by atoms with E-state index in [-0.39, 0.29) is 18.3 Å². The van der Waals surface area contributed by atoms with Crippen molar-refractivity contribution < 1.29 is 23.8 Å². The molecule has 0 fully saturated rings. The van der Waals surface area contributed by atoms with Crippen LogP contribution in [0.3, 0.4) is 0 Å². The first-order valence-corrected chi connectivity index (χ1v) is 13.8. The van der Waals surface area contributed by atoms with Crippen molar-refractivity contribution in [3.8, 4) is 5.75 Å². The van der Waals surface area contributed by atoms with Gasteiger partial charge in [0.25, 0.3) is 5.91 Å². The third-order valence-corrected chi connectivity index (χ3v) is 7.06. The minimum absolute atomic E-state index is 0.0685. The molecule has 1 aliphatic heterocycles. The zero-order valence-corrected chi connectivity index (χ0v) is 22.7. The first kappa shape index (κ1) is 28.1. The van der Waals surface area contributed by atoms with E-state index in [2.05, 4.69) is 5.32 Å². The Hall–Kier alpha value is -4.49. The maximum atomic E-state index is 14.2. The molecule has 1 amide bonds. The van der Waals surface area contributed by atoms with E-state index in [9.17, 15) is 9.18 Å². The van der Waals surface area contributed by atoms with E-state index in [4.69, 9.17) is 19.6 Å². The summed E-state index contributed by atoms with van der Waals surface area (Å²) in [6.45, 7) is 0.855. The lowest BCUT2D eigenvalue weighted by atomic mass is 9.82. The molecule has 0 unspecified atom stereocenters. The number of nitrogens with zero attached hydrogens (tertiary/aromatic N) is 1. The van der Waals surface area contributed by atoms with Crippen molar-refractivity contribution in [2.24, 2.45) is 4.99 Å². The summed E-state index contributed by atoms with van der Waals surface area (Å²) in [5.74, 6) is 0.524. The van der Waals surface area contributed by atoms with E-state index in [0.29, 0.717) is 44.1 Å². The maximum absolute atomic E-state index is 14.2.